The number of benzene rings is 1. The highest BCUT2D eigenvalue weighted by Gasteiger charge is 2.49. The van der Waals surface area contributed by atoms with Gasteiger partial charge in [0.25, 0.3) is 5.91 Å². The molecule has 2 aliphatic heterocycles. The van der Waals surface area contributed by atoms with E-state index in [0.717, 1.165) is 37.3 Å². The van der Waals surface area contributed by atoms with Crippen molar-refractivity contribution < 1.29 is 13.2 Å². The molecule has 2 heterocycles. The van der Waals surface area contributed by atoms with Gasteiger partial charge in [0.1, 0.15) is 0 Å². The Hall–Kier alpha value is -1.54. The Bertz CT molecular complexity index is 860. The van der Waals surface area contributed by atoms with Crippen LogP contribution in [0.15, 0.2) is 29.3 Å². The third-order valence-electron chi connectivity index (χ3n) is 5.86. The number of thioether (sulfide) groups is 1. The van der Waals surface area contributed by atoms with Gasteiger partial charge in [0.05, 0.1) is 17.5 Å². The summed E-state index contributed by atoms with van der Waals surface area (Å²) in [6.45, 7) is 10.1. The molecule has 1 aromatic rings. The summed E-state index contributed by atoms with van der Waals surface area (Å²) in [6.07, 6.45) is 1.52. The second-order valence-corrected chi connectivity index (χ2v) is 11.0. The number of amides is 1. The summed E-state index contributed by atoms with van der Waals surface area (Å²) in [5.41, 5.74) is 2.03. The molecule has 0 bridgehead atoms. The van der Waals surface area contributed by atoms with Crippen molar-refractivity contribution in [3.05, 3.63) is 24.3 Å². The van der Waals surface area contributed by atoms with E-state index in [1.165, 1.54) is 11.8 Å². The average Bonchev–Trinajstić information content (AvgIpc) is 3.15. The van der Waals surface area contributed by atoms with Gasteiger partial charge in [-0.25, -0.2) is 8.42 Å². The highest BCUT2D eigenvalue weighted by molar-refractivity contribution is 8.16. The normalized spacial score (nSPS) is 24.3. The van der Waals surface area contributed by atoms with Crippen molar-refractivity contribution in [1.82, 2.24) is 0 Å². The average molecular weight is 438 g/mol. The molecule has 160 valence electrons. The molecule has 0 aromatic heterocycles. The second-order valence-electron chi connectivity index (χ2n) is 7.61. The Balaban J connectivity index is 1.95. The van der Waals surface area contributed by atoms with Crippen LogP contribution in [0.5, 0.6) is 0 Å². The van der Waals surface area contributed by atoms with E-state index in [0.29, 0.717) is 5.17 Å². The van der Waals surface area contributed by atoms with Crippen molar-refractivity contribution in [3.8, 4) is 0 Å². The van der Waals surface area contributed by atoms with Crippen LogP contribution in [0.2, 0.25) is 0 Å². The molecule has 2 aliphatic rings. The molecule has 0 N–H and O–H groups in total. The van der Waals surface area contributed by atoms with Crippen LogP contribution in [0.25, 0.3) is 0 Å². The van der Waals surface area contributed by atoms with Crippen LogP contribution < -0.4 is 9.80 Å². The fourth-order valence-electron chi connectivity index (χ4n) is 4.10. The standard InChI is InChI=1S/C21H31N3O3S2/c1-5-15(6-2)20(25)22-21-24(18-13-29(26,27)14-19(18)28-21)17-11-9-16(10-12-17)23(7-3)8-4/h9-12,15,18-19H,5-8,13-14H2,1-4H3/t18-,19-/m1/s1. The molecule has 0 spiro atoms. The molecular weight excluding hydrogens is 406 g/mol. The fourth-order valence-corrected chi connectivity index (χ4v) is 8.02. The van der Waals surface area contributed by atoms with E-state index in [1.54, 1.807) is 0 Å². The van der Waals surface area contributed by atoms with Crippen LogP contribution in [-0.2, 0) is 14.6 Å². The molecule has 1 amide bonds. The zero-order valence-corrected chi connectivity index (χ0v) is 19.3. The highest BCUT2D eigenvalue weighted by Crippen LogP contribution is 2.41. The first-order valence-corrected chi connectivity index (χ1v) is 13.2. The van der Waals surface area contributed by atoms with E-state index < -0.39 is 9.84 Å². The summed E-state index contributed by atoms with van der Waals surface area (Å²) in [5.74, 6) is 0.0686. The van der Waals surface area contributed by atoms with Gasteiger partial charge >= 0.3 is 0 Å². The Morgan fingerprint density at radius 1 is 1.14 bits per heavy atom. The summed E-state index contributed by atoms with van der Waals surface area (Å²) in [4.78, 5) is 21.4. The van der Waals surface area contributed by atoms with E-state index in [9.17, 15) is 13.2 Å². The molecule has 29 heavy (non-hydrogen) atoms. The maximum atomic E-state index is 12.7. The monoisotopic (exact) mass is 437 g/mol. The number of anilines is 2. The lowest BCUT2D eigenvalue weighted by molar-refractivity contribution is -0.121. The lowest BCUT2D eigenvalue weighted by atomic mass is 10.0. The van der Waals surface area contributed by atoms with E-state index in [1.807, 2.05) is 30.9 Å². The molecule has 3 rings (SSSR count). The molecule has 2 fully saturated rings. The molecular formula is C21H31N3O3S2. The van der Waals surface area contributed by atoms with E-state index >= 15 is 0 Å². The summed E-state index contributed by atoms with van der Waals surface area (Å²) >= 11 is 1.44. The number of rotatable bonds is 7. The van der Waals surface area contributed by atoms with Gasteiger partial charge in [0, 0.05) is 35.6 Å². The third kappa shape index (κ3) is 4.63. The van der Waals surface area contributed by atoms with Gasteiger partial charge in [-0.05, 0) is 51.0 Å². The number of hydrogen-bond donors (Lipinski definition) is 0. The van der Waals surface area contributed by atoms with Gasteiger partial charge in [-0.2, -0.15) is 4.99 Å². The number of nitrogens with zero attached hydrogens (tertiary/aromatic N) is 3. The minimum Gasteiger partial charge on any atom is -0.372 e. The van der Waals surface area contributed by atoms with Crippen LogP contribution in [-0.4, -0.2) is 55.4 Å². The number of carbonyl (C=O) groups is 1. The van der Waals surface area contributed by atoms with Crippen LogP contribution in [0.3, 0.4) is 0 Å². The second kappa shape index (κ2) is 9.08. The maximum absolute atomic E-state index is 12.7. The minimum absolute atomic E-state index is 0.0734. The fraction of sp³-hybridized carbons (Fsp3) is 0.619. The van der Waals surface area contributed by atoms with Gasteiger partial charge in [-0.3, -0.25) is 4.79 Å². The van der Waals surface area contributed by atoms with Crippen molar-refractivity contribution in [1.29, 1.82) is 0 Å². The number of aliphatic imine (C=N–C) groups is 1. The zero-order valence-electron chi connectivity index (χ0n) is 17.7. The Morgan fingerprint density at radius 3 is 2.31 bits per heavy atom. The molecule has 0 aliphatic carbocycles. The molecule has 6 nitrogen and oxygen atoms in total. The minimum atomic E-state index is -3.06. The summed E-state index contributed by atoms with van der Waals surface area (Å²) in [6, 6.07) is 7.98. The Labute approximate surface area is 178 Å². The number of carbonyl (C=O) groups excluding carboxylic acids is 1. The molecule has 2 saturated heterocycles. The first-order chi connectivity index (χ1) is 13.8. The van der Waals surface area contributed by atoms with E-state index in [4.69, 9.17) is 0 Å². The first kappa shape index (κ1) is 22.2. The molecule has 1 aromatic carbocycles. The maximum Gasteiger partial charge on any atom is 0.251 e. The quantitative estimate of drug-likeness (QED) is 0.649. The largest absolute Gasteiger partial charge is 0.372 e. The number of hydrogen-bond acceptors (Lipinski definition) is 5. The van der Waals surface area contributed by atoms with Gasteiger partial charge in [-0.15, -0.1) is 0 Å². The number of sulfone groups is 1. The van der Waals surface area contributed by atoms with Crippen molar-refractivity contribution in [2.75, 3.05) is 34.4 Å². The van der Waals surface area contributed by atoms with Gasteiger partial charge in [0.15, 0.2) is 15.0 Å². The van der Waals surface area contributed by atoms with Crippen molar-refractivity contribution >= 4 is 44.0 Å². The van der Waals surface area contributed by atoms with Crippen LogP contribution >= 0.6 is 11.8 Å². The van der Waals surface area contributed by atoms with Gasteiger partial charge in [0.2, 0.25) is 0 Å². The topological polar surface area (TPSA) is 70.0 Å². The van der Waals surface area contributed by atoms with Crippen LogP contribution in [0.1, 0.15) is 40.5 Å². The van der Waals surface area contributed by atoms with Crippen molar-refractivity contribution in [2.45, 2.75) is 51.8 Å². The summed E-state index contributed by atoms with van der Waals surface area (Å²) < 4.78 is 24.4. The lowest BCUT2D eigenvalue weighted by Gasteiger charge is -2.26. The lowest BCUT2D eigenvalue weighted by Crippen LogP contribution is -2.38. The van der Waals surface area contributed by atoms with E-state index in [2.05, 4.69) is 35.9 Å². The van der Waals surface area contributed by atoms with Gasteiger partial charge in [-0.1, -0.05) is 25.6 Å². The van der Waals surface area contributed by atoms with E-state index in [-0.39, 0.29) is 34.6 Å². The zero-order chi connectivity index (χ0) is 21.2. The van der Waals surface area contributed by atoms with Crippen LogP contribution in [0, 0.1) is 5.92 Å². The highest BCUT2D eigenvalue weighted by atomic mass is 32.2. The summed E-state index contributed by atoms with van der Waals surface area (Å²) in [5, 5.41) is 0.568. The molecule has 8 heteroatoms. The van der Waals surface area contributed by atoms with Crippen molar-refractivity contribution in [2.24, 2.45) is 10.9 Å². The molecule has 0 unspecified atom stereocenters. The predicted molar refractivity (Wildman–Crippen MR) is 123 cm³/mol. The predicted octanol–water partition coefficient (Wildman–Crippen LogP) is 3.57. The summed E-state index contributed by atoms with van der Waals surface area (Å²) in [7, 11) is -3.06. The smallest absolute Gasteiger partial charge is 0.251 e. The molecule has 2 atom stereocenters. The molecule has 0 saturated carbocycles. The van der Waals surface area contributed by atoms with Crippen molar-refractivity contribution in [3.63, 3.8) is 0 Å². The Morgan fingerprint density at radius 2 is 1.76 bits per heavy atom. The SMILES string of the molecule is CCC(CC)C(=O)N=C1S[C@@H]2CS(=O)(=O)C[C@H]2N1c1ccc(N(CC)CC)cc1. The number of amidine groups is 1. The van der Waals surface area contributed by atoms with Gasteiger partial charge < -0.3 is 9.80 Å². The van der Waals surface area contributed by atoms with Crippen LogP contribution in [0.4, 0.5) is 11.4 Å². The number of fused-ring (bicyclic) bond motifs is 1. The molecule has 0 radical (unpaired) electrons. The third-order valence-corrected chi connectivity index (χ3v) is 9.07. The Kier molecular flexibility index (Phi) is 6.94. The first-order valence-electron chi connectivity index (χ1n) is 10.5.